The molecule has 1 fully saturated rings. The zero-order chi connectivity index (χ0) is 37.8. The lowest BCUT2D eigenvalue weighted by atomic mass is 9.97. The number of piperidine rings is 1. The summed E-state index contributed by atoms with van der Waals surface area (Å²) in [5.74, 6) is -0.0294. The molecule has 0 saturated carbocycles. The Balaban J connectivity index is 0.000000294. The Morgan fingerprint density at radius 1 is 0.906 bits per heavy atom. The fraction of sp³-hybridized carbons (Fsp3) is 0.342. The number of esters is 1. The van der Waals surface area contributed by atoms with Gasteiger partial charge in [0.15, 0.2) is 11.6 Å². The summed E-state index contributed by atoms with van der Waals surface area (Å²) in [6.07, 6.45) is 3.88. The van der Waals surface area contributed by atoms with E-state index in [0.717, 1.165) is 37.8 Å². The molecule has 0 aliphatic carbocycles. The lowest BCUT2D eigenvalue weighted by Crippen LogP contribution is -2.34. The van der Waals surface area contributed by atoms with Gasteiger partial charge in [-0.05, 0) is 86.9 Å². The smallest absolute Gasteiger partial charge is 0.305 e. The van der Waals surface area contributed by atoms with Gasteiger partial charge in [0.25, 0.3) is 0 Å². The fourth-order valence-corrected chi connectivity index (χ4v) is 5.01. The second kappa shape index (κ2) is 21.5. The van der Waals surface area contributed by atoms with Crippen LogP contribution in [0.25, 0.3) is 0 Å². The molecule has 53 heavy (non-hydrogen) atoms. The van der Waals surface area contributed by atoms with Crippen molar-refractivity contribution in [3.8, 4) is 5.75 Å². The third-order valence-electron chi connectivity index (χ3n) is 7.85. The van der Waals surface area contributed by atoms with Crippen LogP contribution >= 0.6 is 0 Å². The molecule has 4 aromatic rings. The normalized spacial score (nSPS) is 12.4. The van der Waals surface area contributed by atoms with Crippen LogP contribution in [-0.2, 0) is 23.9 Å². The summed E-state index contributed by atoms with van der Waals surface area (Å²) in [4.78, 5) is 43.2. The predicted octanol–water partition coefficient (Wildman–Crippen LogP) is 6.01. The molecule has 15 heteroatoms. The third kappa shape index (κ3) is 14.0. The van der Waals surface area contributed by atoms with Crippen molar-refractivity contribution in [1.29, 1.82) is 0 Å². The Morgan fingerprint density at radius 3 is 2.40 bits per heavy atom. The van der Waals surface area contributed by atoms with Crippen molar-refractivity contribution in [2.24, 2.45) is 5.92 Å². The van der Waals surface area contributed by atoms with Crippen LogP contribution in [0.5, 0.6) is 5.75 Å². The van der Waals surface area contributed by atoms with E-state index in [1.54, 1.807) is 62.6 Å². The molecular weight excluding hydrogens is 683 g/mol. The Bertz CT molecular complexity index is 1770. The number of methoxy groups -OCH3 is 1. The van der Waals surface area contributed by atoms with Crippen LogP contribution in [0.2, 0.25) is 0 Å². The maximum Gasteiger partial charge on any atom is 0.305 e. The SMILES string of the molecule is CCC(=O)OCCCC(=O)Nc1ccccc1N.COCCOc1ccc(Nc2ncc(F)c(Nc3cccc(NC(=O)C4CCNCC4)c3)n2)cc1. The minimum absolute atomic E-state index is 0.00142. The molecule has 1 aliphatic heterocycles. The number of carbonyl (C=O) groups is 3. The molecule has 0 unspecified atom stereocenters. The van der Waals surface area contributed by atoms with Gasteiger partial charge in [-0.15, -0.1) is 0 Å². The van der Waals surface area contributed by atoms with Crippen LogP contribution in [0.15, 0.2) is 79.0 Å². The van der Waals surface area contributed by atoms with Crippen LogP contribution < -0.4 is 37.1 Å². The van der Waals surface area contributed by atoms with Crippen LogP contribution in [-0.4, -0.2) is 67.8 Å². The monoisotopic (exact) mass is 730 g/mol. The second-order valence-electron chi connectivity index (χ2n) is 11.9. The molecular formula is C38H47FN8O6. The van der Waals surface area contributed by atoms with Gasteiger partial charge in [-0.3, -0.25) is 14.4 Å². The molecule has 0 radical (unpaired) electrons. The first-order chi connectivity index (χ1) is 25.7. The first-order valence-electron chi connectivity index (χ1n) is 17.4. The first kappa shape index (κ1) is 40.0. The summed E-state index contributed by atoms with van der Waals surface area (Å²) < 4.78 is 29.8. The van der Waals surface area contributed by atoms with Gasteiger partial charge in [0, 0.05) is 42.9 Å². The largest absolute Gasteiger partial charge is 0.491 e. The summed E-state index contributed by atoms with van der Waals surface area (Å²) in [7, 11) is 1.62. The van der Waals surface area contributed by atoms with Crippen LogP contribution in [0.3, 0.4) is 0 Å². The summed E-state index contributed by atoms with van der Waals surface area (Å²) in [5, 5.41) is 14.9. The minimum Gasteiger partial charge on any atom is -0.491 e. The van der Waals surface area contributed by atoms with E-state index in [1.807, 2.05) is 24.3 Å². The number of nitrogens with two attached hydrogens (primary N) is 1. The van der Waals surface area contributed by atoms with E-state index < -0.39 is 5.82 Å². The van der Waals surface area contributed by atoms with Crippen molar-refractivity contribution >= 4 is 58.0 Å². The number of anilines is 7. The number of rotatable bonds is 16. The standard InChI is InChI=1S/C25H29FN6O3.C13H18N2O3/c1-34-13-14-35-21-7-5-18(6-8-21)31-25-28-16-22(26)23(32-25)29-19-3-2-4-20(15-19)30-24(33)17-9-11-27-12-10-17;1-2-13(17)18-9-5-8-12(16)15-11-7-4-3-6-10(11)14/h2-8,15-17,27H,9-14H2,1H3,(H,30,33)(H2,28,29,31,32);3-4,6-7H,2,5,8-9,14H2,1H3,(H,15,16). The first-order valence-corrected chi connectivity index (χ1v) is 17.4. The fourth-order valence-electron chi connectivity index (χ4n) is 5.01. The van der Waals surface area contributed by atoms with Crippen LogP contribution in [0.4, 0.5) is 44.6 Å². The molecule has 3 aromatic carbocycles. The van der Waals surface area contributed by atoms with Gasteiger partial charge < -0.3 is 46.5 Å². The molecule has 5 rings (SSSR count). The number of amides is 2. The number of halogens is 1. The number of carbonyl (C=O) groups excluding carboxylic acids is 3. The highest BCUT2D eigenvalue weighted by atomic mass is 19.1. The maximum absolute atomic E-state index is 14.4. The molecule has 1 aromatic heterocycles. The van der Waals surface area contributed by atoms with E-state index in [2.05, 4.69) is 36.6 Å². The van der Waals surface area contributed by atoms with Gasteiger partial charge in [-0.2, -0.15) is 4.98 Å². The van der Waals surface area contributed by atoms with Crippen molar-refractivity contribution in [3.63, 3.8) is 0 Å². The number of hydrogen-bond acceptors (Lipinski definition) is 12. The molecule has 2 amide bonds. The number of nitrogens with zero attached hydrogens (tertiary/aromatic N) is 2. The Kier molecular flexibility index (Phi) is 16.2. The summed E-state index contributed by atoms with van der Waals surface area (Å²) in [6.45, 7) is 4.65. The van der Waals surface area contributed by atoms with Crippen molar-refractivity contribution < 1.29 is 33.0 Å². The lowest BCUT2D eigenvalue weighted by molar-refractivity contribution is -0.143. The molecule has 0 atom stereocenters. The predicted molar refractivity (Wildman–Crippen MR) is 203 cm³/mol. The average Bonchev–Trinajstić information content (AvgIpc) is 3.17. The zero-order valence-corrected chi connectivity index (χ0v) is 30.0. The maximum atomic E-state index is 14.4. The van der Waals surface area contributed by atoms with E-state index in [1.165, 1.54) is 0 Å². The van der Waals surface area contributed by atoms with Crippen molar-refractivity contribution in [2.45, 2.75) is 39.0 Å². The van der Waals surface area contributed by atoms with E-state index in [4.69, 9.17) is 19.9 Å². The highest BCUT2D eigenvalue weighted by molar-refractivity contribution is 5.94. The number of hydrogen-bond donors (Lipinski definition) is 6. The van der Waals surface area contributed by atoms with E-state index >= 15 is 0 Å². The van der Waals surface area contributed by atoms with E-state index in [9.17, 15) is 18.8 Å². The van der Waals surface area contributed by atoms with Gasteiger partial charge >= 0.3 is 5.97 Å². The number of ether oxygens (including phenoxy) is 3. The quantitative estimate of drug-likeness (QED) is 0.0448. The number of benzene rings is 3. The summed E-state index contributed by atoms with van der Waals surface area (Å²) in [6, 6.07) is 21.4. The molecule has 0 bridgehead atoms. The molecule has 0 spiro atoms. The highest BCUT2D eigenvalue weighted by Crippen LogP contribution is 2.24. The van der Waals surface area contributed by atoms with Gasteiger partial charge in [0.05, 0.1) is 30.8 Å². The zero-order valence-electron chi connectivity index (χ0n) is 30.0. The third-order valence-corrected chi connectivity index (χ3v) is 7.85. The number of aromatic nitrogens is 2. The second-order valence-corrected chi connectivity index (χ2v) is 11.9. The Hall–Kier alpha value is -5.80. The Labute approximate surface area is 308 Å². The summed E-state index contributed by atoms with van der Waals surface area (Å²) in [5.41, 5.74) is 8.79. The topological polar surface area (TPSA) is 191 Å². The molecule has 14 nitrogen and oxygen atoms in total. The molecule has 1 saturated heterocycles. The van der Waals surface area contributed by atoms with E-state index in [-0.39, 0.29) is 42.1 Å². The van der Waals surface area contributed by atoms with Crippen molar-refractivity contribution in [3.05, 3.63) is 84.8 Å². The molecule has 7 N–H and O–H groups in total. The minimum atomic E-state index is -0.596. The number of nitrogen functional groups attached to an aromatic ring is 1. The molecule has 2 heterocycles. The number of para-hydroxylation sites is 2. The average molecular weight is 731 g/mol. The molecule has 282 valence electrons. The van der Waals surface area contributed by atoms with Gasteiger partial charge in [-0.25, -0.2) is 9.37 Å². The van der Waals surface area contributed by atoms with E-state index in [0.29, 0.717) is 61.0 Å². The highest BCUT2D eigenvalue weighted by Gasteiger charge is 2.21. The van der Waals surface area contributed by atoms with Crippen LogP contribution in [0.1, 0.15) is 39.0 Å². The van der Waals surface area contributed by atoms with Gasteiger partial charge in [0.1, 0.15) is 12.4 Å². The van der Waals surface area contributed by atoms with Crippen LogP contribution in [0, 0.1) is 11.7 Å². The molecule has 1 aliphatic rings. The number of nitrogens with one attached hydrogen (secondary N) is 5. The lowest BCUT2D eigenvalue weighted by Gasteiger charge is -2.21. The van der Waals surface area contributed by atoms with Gasteiger partial charge in [-0.1, -0.05) is 25.1 Å². The Morgan fingerprint density at radius 2 is 1.66 bits per heavy atom. The van der Waals surface area contributed by atoms with Crippen molar-refractivity contribution in [2.75, 3.05) is 67.0 Å². The summed E-state index contributed by atoms with van der Waals surface area (Å²) >= 11 is 0. The van der Waals surface area contributed by atoms with Gasteiger partial charge in [0.2, 0.25) is 17.8 Å². The van der Waals surface area contributed by atoms with Crippen molar-refractivity contribution in [1.82, 2.24) is 15.3 Å².